The average Bonchev–Trinajstić information content (AvgIpc) is 2.68. The molecule has 14 heavy (non-hydrogen) atoms. The molecule has 1 nitrogen and oxygen atoms in total. The van der Waals surface area contributed by atoms with Crippen LogP contribution >= 0.6 is 11.3 Å². The lowest BCUT2D eigenvalue weighted by atomic mass is 10.2. The van der Waals surface area contributed by atoms with E-state index in [-0.39, 0.29) is 0 Å². The molecule has 0 atom stereocenters. The largest absolute Gasteiger partial charge is 0.255 e. The summed E-state index contributed by atoms with van der Waals surface area (Å²) >= 11 is 1.70. The van der Waals surface area contributed by atoms with Crippen LogP contribution in [0.5, 0.6) is 0 Å². The molecule has 0 aliphatic rings. The van der Waals surface area contributed by atoms with Gasteiger partial charge in [-0.2, -0.15) is 0 Å². The summed E-state index contributed by atoms with van der Waals surface area (Å²) in [6.45, 7) is 3.67. The van der Waals surface area contributed by atoms with Crippen molar-refractivity contribution in [3.63, 3.8) is 0 Å². The quantitative estimate of drug-likeness (QED) is 0.721. The van der Waals surface area contributed by atoms with Crippen LogP contribution in [0, 0.1) is 6.92 Å². The van der Waals surface area contributed by atoms with Crippen LogP contribution in [0.15, 0.2) is 41.9 Å². The van der Waals surface area contributed by atoms with Gasteiger partial charge >= 0.3 is 0 Å². The Morgan fingerprint density at radius 3 is 3.00 bits per heavy atom. The third-order valence-corrected chi connectivity index (χ3v) is 2.82. The van der Waals surface area contributed by atoms with E-state index in [1.54, 1.807) is 17.4 Å². The highest BCUT2D eigenvalue weighted by atomic mass is 32.1. The zero-order valence-electron chi connectivity index (χ0n) is 7.68. The Morgan fingerprint density at radius 1 is 1.36 bits per heavy atom. The van der Waals surface area contributed by atoms with Crippen molar-refractivity contribution in [3.8, 4) is 10.6 Å². The zero-order valence-corrected chi connectivity index (χ0v) is 8.50. The van der Waals surface area contributed by atoms with Gasteiger partial charge in [-0.25, -0.2) is 0 Å². The normalized spacial score (nSPS) is 10.9. The fourth-order valence-corrected chi connectivity index (χ4v) is 2.07. The molecule has 0 spiro atoms. The topological polar surface area (TPSA) is 12.9 Å². The van der Waals surface area contributed by atoms with Gasteiger partial charge in [-0.05, 0) is 36.1 Å². The number of hydrogen-bond donors (Lipinski definition) is 0. The molecule has 0 unspecified atom stereocenters. The van der Waals surface area contributed by atoms with Crippen molar-refractivity contribution in [1.82, 2.24) is 4.98 Å². The molecule has 0 N–H and O–H groups in total. The van der Waals surface area contributed by atoms with E-state index >= 15 is 0 Å². The molecule has 0 aliphatic heterocycles. The highest BCUT2D eigenvalue weighted by Gasteiger charge is 2.00. The molecule has 0 saturated heterocycles. The molecule has 1 radical (unpaired) electrons. The molecule has 2 aromatic heterocycles. The second kappa shape index (κ2) is 4.20. The molecular formula is C12H10NS. The lowest BCUT2D eigenvalue weighted by Crippen LogP contribution is -1.75. The smallest absolute Gasteiger partial charge is 0.0801 e. The van der Waals surface area contributed by atoms with Gasteiger partial charge in [-0.1, -0.05) is 18.2 Å². The van der Waals surface area contributed by atoms with Crippen molar-refractivity contribution >= 4 is 17.4 Å². The molecular weight excluding hydrogens is 190 g/mol. The molecule has 2 aromatic rings. The minimum absolute atomic E-state index is 1.03. The summed E-state index contributed by atoms with van der Waals surface area (Å²) < 4.78 is 0. The van der Waals surface area contributed by atoms with Crippen molar-refractivity contribution in [1.29, 1.82) is 0 Å². The average molecular weight is 200 g/mol. The van der Waals surface area contributed by atoms with Crippen molar-refractivity contribution in [2.75, 3.05) is 0 Å². The van der Waals surface area contributed by atoms with Gasteiger partial charge in [0, 0.05) is 6.20 Å². The highest BCUT2D eigenvalue weighted by molar-refractivity contribution is 7.13. The van der Waals surface area contributed by atoms with Crippen LogP contribution in [0.2, 0.25) is 0 Å². The molecule has 0 fully saturated rings. The highest BCUT2D eigenvalue weighted by Crippen LogP contribution is 2.25. The predicted octanol–water partition coefficient (Wildman–Crippen LogP) is 3.66. The minimum atomic E-state index is 1.03. The third kappa shape index (κ3) is 1.91. The predicted molar refractivity (Wildman–Crippen MR) is 61.9 cm³/mol. The second-order valence-corrected chi connectivity index (χ2v) is 3.77. The number of allylic oxidation sites excluding steroid dienone is 1. The van der Waals surface area contributed by atoms with Crippen molar-refractivity contribution in [2.24, 2.45) is 0 Å². The number of pyridine rings is 1. The maximum absolute atomic E-state index is 4.29. The summed E-state index contributed by atoms with van der Waals surface area (Å²) in [7, 11) is 0. The molecule has 2 rings (SSSR count). The SMILES string of the molecule is [CH2]/C=C/c1csc(-c2ccccn2)c1. The summed E-state index contributed by atoms with van der Waals surface area (Å²) in [5.74, 6) is 0. The Kier molecular flexibility index (Phi) is 2.75. The van der Waals surface area contributed by atoms with Gasteiger partial charge in [0.25, 0.3) is 0 Å². The van der Waals surface area contributed by atoms with Gasteiger partial charge < -0.3 is 0 Å². The lowest BCUT2D eigenvalue weighted by Gasteiger charge is -1.92. The number of rotatable bonds is 2. The van der Waals surface area contributed by atoms with E-state index in [1.165, 1.54) is 10.4 Å². The van der Waals surface area contributed by atoms with Crippen LogP contribution in [0.25, 0.3) is 16.6 Å². The maximum atomic E-state index is 4.29. The van der Waals surface area contributed by atoms with Crippen molar-refractivity contribution in [3.05, 3.63) is 54.4 Å². The van der Waals surface area contributed by atoms with Crippen molar-refractivity contribution < 1.29 is 0 Å². The van der Waals surface area contributed by atoms with Crippen LogP contribution < -0.4 is 0 Å². The standard InChI is InChI=1S/C12H10NS/c1-2-5-10-8-12(14-9-10)11-6-3-4-7-13-11/h2-9H,1H2/b5-2+. The molecule has 2 heterocycles. The van der Waals surface area contributed by atoms with E-state index in [4.69, 9.17) is 0 Å². The lowest BCUT2D eigenvalue weighted by molar-refractivity contribution is 1.34. The van der Waals surface area contributed by atoms with E-state index in [1.807, 2.05) is 30.5 Å². The van der Waals surface area contributed by atoms with Gasteiger partial charge in [-0.15, -0.1) is 11.3 Å². The molecule has 0 aromatic carbocycles. The Hall–Kier alpha value is -1.41. The van der Waals surface area contributed by atoms with Crippen LogP contribution in [-0.2, 0) is 0 Å². The van der Waals surface area contributed by atoms with Crippen LogP contribution in [0.3, 0.4) is 0 Å². The number of hydrogen-bond acceptors (Lipinski definition) is 2. The summed E-state index contributed by atoms with van der Waals surface area (Å²) in [6, 6.07) is 8.06. The zero-order chi connectivity index (χ0) is 9.80. The third-order valence-electron chi connectivity index (χ3n) is 1.85. The number of nitrogens with zero attached hydrogens (tertiary/aromatic N) is 1. The fourth-order valence-electron chi connectivity index (χ4n) is 1.22. The van der Waals surface area contributed by atoms with Crippen molar-refractivity contribution in [2.45, 2.75) is 0 Å². The number of thiophene rings is 1. The Balaban J connectivity index is 2.34. The molecule has 0 bridgehead atoms. The first kappa shape index (κ1) is 9.16. The second-order valence-electron chi connectivity index (χ2n) is 2.86. The van der Waals surface area contributed by atoms with Gasteiger partial charge in [0.2, 0.25) is 0 Å². The van der Waals surface area contributed by atoms with E-state index in [9.17, 15) is 0 Å². The first-order valence-corrected chi connectivity index (χ1v) is 5.24. The summed E-state index contributed by atoms with van der Waals surface area (Å²) in [5.41, 5.74) is 2.21. The Bertz CT molecular complexity index is 429. The van der Waals surface area contributed by atoms with Crippen LogP contribution in [0.1, 0.15) is 5.56 Å². The first-order valence-electron chi connectivity index (χ1n) is 4.36. The molecule has 69 valence electrons. The first-order chi connectivity index (χ1) is 6.90. The summed E-state index contributed by atoms with van der Waals surface area (Å²) in [4.78, 5) is 5.49. The Labute approximate surface area is 87.8 Å². The maximum Gasteiger partial charge on any atom is 0.0801 e. The van der Waals surface area contributed by atoms with Gasteiger partial charge in [0.1, 0.15) is 0 Å². The molecule has 0 saturated carbocycles. The van der Waals surface area contributed by atoms with Crippen LogP contribution in [0.4, 0.5) is 0 Å². The molecule has 0 aliphatic carbocycles. The minimum Gasteiger partial charge on any atom is -0.255 e. The number of aromatic nitrogens is 1. The van der Waals surface area contributed by atoms with Gasteiger partial charge in [-0.3, -0.25) is 4.98 Å². The molecule has 0 amide bonds. The molecule has 2 heteroatoms. The summed E-state index contributed by atoms with van der Waals surface area (Å²) in [6.07, 6.45) is 5.60. The van der Waals surface area contributed by atoms with Gasteiger partial charge in [0.15, 0.2) is 0 Å². The summed E-state index contributed by atoms with van der Waals surface area (Å²) in [5, 5.41) is 2.10. The van der Waals surface area contributed by atoms with E-state index in [0.29, 0.717) is 0 Å². The van der Waals surface area contributed by atoms with E-state index in [0.717, 1.165) is 5.69 Å². The van der Waals surface area contributed by atoms with Gasteiger partial charge in [0.05, 0.1) is 10.6 Å². The van der Waals surface area contributed by atoms with E-state index in [2.05, 4.69) is 23.4 Å². The van der Waals surface area contributed by atoms with Crippen LogP contribution in [-0.4, -0.2) is 4.98 Å². The van der Waals surface area contributed by atoms with E-state index < -0.39 is 0 Å². The monoisotopic (exact) mass is 200 g/mol. The Morgan fingerprint density at radius 2 is 2.29 bits per heavy atom. The fraction of sp³-hybridized carbons (Fsp3) is 0.